The Balaban J connectivity index is 1.30. The van der Waals surface area contributed by atoms with Gasteiger partial charge in [0, 0.05) is 50.8 Å². The third-order valence-corrected chi connectivity index (χ3v) is 7.15. The van der Waals surface area contributed by atoms with Gasteiger partial charge in [-0.05, 0) is 23.3 Å². The van der Waals surface area contributed by atoms with Gasteiger partial charge in [0.15, 0.2) is 0 Å². The molecule has 0 spiro atoms. The van der Waals surface area contributed by atoms with Crippen molar-refractivity contribution >= 4 is 11.6 Å². The van der Waals surface area contributed by atoms with Crippen LogP contribution in [0.3, 0.4) is 0 Å². The van der Waals surface area contributed by atoms with Crippen molar-refractivity contribution < 1.29 is 14.3 Å². The third-order valence-electron chi connectivity index (χ3n) is 7.15. The van der Waals surface area contributed by atoms with E-state index in [0.717, 1.165) is 49.6 Å². The predicted octanol–water partition coefficient (Wildman–Crippen LogP) is 4.20. The van der Waals surface area contributed by atoms with Crippen LogP contribution in [0.1, 0.15) is 29.2 Å². The SMILES string of the molecule is COc1ccc([C@@H]2CC(c3ccccc3)=NN2C(=O)CN2CCN(Cc3ccccc3)CC2)c(OC)c1. The topological polar surface area (TPSA) is 57.6 Å². The molecule has 7 heteroatoms. The van der Waals surface area contributed by atoms with Gasteiger partial charge in [-0.15, -0.1) is 0 Å². The molecule has 7 nitrogen and oxygen atoms in total. The van der Waals surface area contributed by atoms with E-state index in [9.17, 15) is 4.79 Å². The van der Waals surface area contributed by atoms with E-state index < -0.39 is 0 Å². The van der Waals surface area contributed by atoms with Gasteiger partial charge in [0.25, 0.3) is 5.91 Å². The number of hydrogen-bond acceptors (Lipinski definition) is 6. The van der Waals surface area contributed by atoms with Crippen LogP contribution in [0, 0.1) is 0 Å². The van der Waals surface area contributed by atoms with Crippen molar-refractivity contribution in [3.63, 3.8) is 0 Å². The van der Waals surface area contributed by atoms with E-state index in [1.807, 2.05) is 54.6 Å². The summed E-state index contributed by atoms with van der Waals surface area (Å²) in [5, 5.41) is 6.52. The lowest BCUT2D eigenvalue weighted by atomic mass is 9.97. The lowest BCUT2D eigenvalue weighted by molar-refractivity contribution is -0.134. The fraction of sp³-hybridized carbons (Fsp3) is 0.333. The van der Waals surface area contributed by atoms with Crippen molar-refractivity contribution in [3.05, 3.63) is 95.6 Å². The summed E-state index contributed by atoms with van der Waals surface area (Å²) >= 11 is 0. The summed E-state index contributed by atoms with van der Waals surface area (Å²) in [4.78, 5) is 18.4. The van der Waals surface area contributed by atoms with Crippen LogP contribution in [0.25, 0.3) is 0 Å². The van der Waals surface area contributed by atoms with Crippen molar-refractivity contribution in [1.82, 2.24) is 14.8 Å². The minimum Gasteiger partial charge on any atom is -0.497 e. The number of rotatable bonds is 8. The van der Waals surface area contributed by atoms with E-state index in [1.165, 1.54) is 5.56 Å². The summed E-state index contributed by atoms with van der Waals surface area (Å²) in [6, 6.07) is 26.1. The highest BCUT2D eigenvalue weighted by molar-refractivity contribution is 6.03. The Kier molecular flexibility index (Phi) is 7.82. The highest BCUT2D eigenvalue weighted by atomic mass is 16.5. The highest BCUT2D eigenvalue weighted by Gasteiger charge is 2.35. The number of carbonyl (C=O) groups excluding carboxylic acids is 1. The quantitative estimate of drug-likeness (QED) is 0.466. The lowest BCUT2D eigenvalue weighted by Crippen LogP contribution is -2.49. The zero-order valence-corrected chi connectivity index (χ0v) is 21.5. The Labute approximate surface area is 218 Å². The first kappa shape index (κ1) is 25.0. The first-order valence-corrected chi connectivity index (χ1v) is 12.8. The second-order valence-electron chi connectivity index (χ2n) is 9.52. The van der Waals surface area contributed by atoms with Gasteiger partial charge < -0.3 is 9.47 Å². The number of ether oxygens (including phenoxy) is 2. The van der Waals surface area contributed by atoms with Crippen LogP contribution in [0.5, 0.6) is 11.5 Å². The first-order valence-electron chi connectivity index (χ1n) is 12.8. The summed E-state index contributed by atoms with van der Waals surface area (Å²) in [5.41, 5.74) is 4.19. The second-order valence-corrected chi connectivity index (χ2v) is 9.52. The van der Waals surface area contributed by atoms with Crippen LogP contribution in [0.2, 0.25) is 0 Å². The number of nitrogens with zero attached hydrogens (tertiary/aromatic N) is 4. The van der Waals surface area contributed by atoms with Crippen LogP contribution in [-0.2, 0) is 11.3 Å². The molecule has 2 aliphatic heterocycles. The number of methoxy groups -OCH3 is 2. The predicted molar refractivity (Wildman–Crippen MR) is 145 cm³/mol. The summed E-state index contributed by atoms with van der Waals surface area (Å²) in [6.45, 7) is 4.89. The van der Waals surface area contributed by atoms with Crippen molar-refractivity contribution in [2.75, 3.05) is 46.9 Å². The van der Waals surface area contributed by atoms with Gasteiger partial charge in [-0.1, -0.05) is 60.7 Å². The Morgan fingerprint density at radius 3 is 2.22 bits per heavy atom. The van der Waals surface area contributed by atoms with Gasteiger partial charge in [-0.2, -0.15) is 5.10 Å². The zero-order valence-electron chi connectivity index (χ0n) is 21.5. The Morgan fingerprint density at radius 1 is 0.865 bits per heavy atom. The fourth-order valence-electron chi connectivity index (χ4n) is 5.09. The van der Waals surface area contributed by atoms with Crippen molar-refractivity contribution in [3.8, 4) is 11.5 Å². The Morgan fingerprint density at radius 2 is 1.54 bits per heavy atom. The number of carbonyl (C=O) groups is 1. The molecule has 1 fully saturated rings. The van der Waals surface area contributed by atoms with E-state index >= 15 is 0 Å². The van der Waals surface area contributed by atoms with Crippen LogP contribution >= 0.6 is 0 Å². The largest absolute Gasteiger partial charge is 0.497 e. The molecule has 1 saturated heterocycles. The van der Waals surface area contributed by atoms with Crippen molar-refractivity contribution in [1.29, 1.82) is 0 Å². The number of piperazine rings is 1. The van der Waals surface area contributed by atoms with Gasteiger partial charge >= 0.3 is 0 Å². The molecule has 5 rings (SSSR count). The molecule has 0 radical (unpaired) electrons. The van der Waals surface area contributed by atoms with E-state index in [4.69, 9.17) is 14.6 Å². The first-order chi connectivity index (χ1) is 18.1. The number of hydrazone groups is 1. The maximum atomic E-state index is 13.7. The van der Waals surface area contributed by atoms with Gasteiger partial charge in [0.05, 0.1) is 32.5 Å². The van der Waals surface area contributed by atoms with E-state index in [2.05, 4.69) is 34.1 Å². The maximum absolute atomic E-state index is 13.7. The summed E-state index contributed by atoms with van der Waals surface area (Å²) in [6.07, 6.45) is 0.628. The standard InChI is InChI=1S/C30H34N4O3/c1-36-25-13-14-26(29(19-25)37-2)28-20-27(24-11-7-4-8-12-24)31-34(28)30(35)22-33-17-15-32(16-18-33)21-23-9-5-3-6-10-23/h3-14,19,28H,15-18,20-22H2,1-2H3/t28-/m0/s1. The molecule has 0 saturated carbocycles. The van der Waals surface area contributed by atoms with Crippen molar-refractivity contribution in [2.45, 2.75) is 19.0 Å². The van der Waals surface area contributed by atoms with E-state index in [-0.39, 0.29) is 11.9 Å². The van der Waals surface area contributed by atoms with Crippen LogP contribution in [-0.4, -0.2) is 73.4 Å². The highest BCUT2D eigenvalue weighted by Crippen LogP contribution is 2.39. The summed E-state index contributed by atoms with van der Waals surface area (Å²) in [5.74, 6) is 1.42. The average Bonchev–Trinajstić information content (AvgIpc) is 3.40. The molecular weight excluding hydrogens is 464 g/mol. The molecule has 192 valence electrons. The monoisotopic (exact) mass is 498 g/mol. The minimum absolute atomic E-state index is 0.00492. The van der Waals surface area contributed by atoms with Gasteiger partial charge in [0.1, 0.15) is 11.5 Å². The smallest absolute Gasteiger partial charge is 0.257 e. The number of benzene rings is 3. The minimum atomic E-state index is -0.233. The summed E-state index contributed by atoms with van der Waals surface area (Å²) in [7, 11) is 3.28. The molecule has 37 heavy (non-hydrogen) atoms. The molecule has 0 unspecified atom stereocenters. The molecule has 1 amide bonds. The van der Waals surface area contributed by atoms with Gasteiger partial charge in [0.2, 0.25) is 0 Å². The molecule has 0 aromatic heterocycles. The zero-order chi connectivity index (χ0) is 25.6. The van der Waals surface area contributed by atoms with Gasteiger partial charge in [-0.25, -0.2) is 5.01 Å². The van der Waals surface area contributed by atoms with Crippen LogP contribution in [0.15, 0.2) is 84.0 Å². The number of hydrogen-bond donors (Lipinski definition) is 0. The normalized spacial score (nSPS) is 18.5. The fourth-order valence-corrected chi connectivity index (χ4v) is 5.09. The average molecular weight is 499 g/mol. The lowest BCUT2D eigenvalue weighted by Gasteiger charge is -2.35. The molecule has 0 N–H and O–H groups in total. The molecule has 2 aliphatic rings. The van der Waals surface area contributed by atoms with Crippen molar-refractivity contribution in [2.24, 2.45) is 5.10 Å². The Hall–Kier alpha value is -3.68. The Bertz CT molecular complexity index is 1220. The molecule has 3 aromatic carbocycles. The molecule has 1 atom stereocenters. The van der Waals surface area contributed by atoms with Crippen LogP contribution < -0.4 is 9.47 Å². The summed E-state index contributed by atoms with van der Waals surface area (Å²) < 4.78 is 11.1. The third kappa shape index (κ3) is 5.84. The number of amides is 1. The van der Waals surface area contributed by atoms with Crippen LogP contribution in [0.4, 0.5) is 0 Å². The molecule has 2 heterocycles. The van der Waals surface area contributed by atoms with Gasteiger partial charge in [-0.3, -0.25) is 14.6 Å². The van der Waals surface area contributed by atoms with E-state index in [1.54, 1.807) is 19.2 Å². The second kappa shape index (κ2) is 11.6. The molecular formula is C30H34N4O3. The molecule has 0 aliphatic carbocycles. The molecule has 0 bridgehead atoms. The molecule has 3 aromatic rings. The van der Waals surface area contributed by atoms with E-state index in [0.29, 0.717) is 24.5 Å². The maximum Gasteiger partial charge on any atom is 0.257 e.